The van der Waals surface area contributed by atoms with E-state index in [1.807, 2.05) is 41.3 Å². The highest BCUT2D eigenvalue weighted by molar-refractivity contribution is 5.94. The van der Waals surface area contributed by atoms with Crippen molar-refractivity contribution in [3.8, 4) is 5.75 Å². The second kappa shape index (κ2) is 5.61. The zero-order valence-corrected chi connectivity index (χ0v) is 16.0. The van der Waals surface area contributed by atoms with Crippen LogP contribution in [0.4, 0.5) is 5.69 Å². The number of hydrogen-bond acceptors (Lipinski definition) is 3. The summed E-state index contributed by atoms with van der Waals surface area (Å²) in [6.45, 7) is 4.40. The Bertz CT molecular complexity index is 1150. The van der Waals surface area contributed by atoms with Crippen molar-refractivity contribution in [2.75, 3.05) is 11.4 Å². The lowest BCUT2D eigenvalue weighted by Crippen LogP contribution is -2.61. The van der Waals surface area contributed by atoms with E-state index in [0.29, 0.717) is 0 Å². The predicted molar refractivity (Wildman–Crippen MR) is 112 cm³/mol. The quantitative estimate of drug-likeness (QED) is 0.735. The van der Waals surface area contributed by atoms with Gasteiger partial charge in [0.05, 0.1) is 5.41 Å². The summed E-state index contributed by atoms with van der Waals surface area (Å²) in [6.07, 6.45) is 4.22. The Kier molecular flexibility index (Phi) is 3.38. The number of carbonyl (C=O) groups excluding carboxylic acids is 1. The van der Waals surface area contributed by atoms with E-state index in [1.54, 1.807) is 0 Å². The van der Waals surface area contributed by atoms with Crippen molar-refractivity contribution < 1.29 is 9.53 Å². The Morgan fingerprint density at radius 3 is 2.61 bits per heavy atom. The number of ether oxygens (including phenoxy) is 1. The fraction of sp³-hybridized carbons (Fsp3) is 0.208. The molecule has 0 aromatic heterocycles. The van der Waals surface area contributed by atoms with Crippen LogP contribution in [0.25, 0.3) is 16.8 Å². The SMILES string of the molecule is CC1(C)c2ccccc2N(CC(N)=O)[C@@]12C=Cc1c(ccc3ccccc13)O2. The van der Waals surface area contributed by atoms with Gasteiger partial charge in [0.1, 0.15) is 12.3 Å². The number of nitrogens with two attached hydrogens (primary N) is 1. The number of amides is 1. The molecule has 0 bridgehead atoms. The Morgan fingerprint density at radius 1 is 1.04 bits per heavy atom. The summed E-state index contributed by atoms with van der Waals surface area (Å²) in [6, 6.07) is 20.5. The Hall–Kier alpha value is -3.27. The topological polar surface area (TPSA) is 55.6 Å². The fourth-order valence-electron chi connectivity index (χ4n) is 4.72. The third kappa shape index (κ3) is 2.09. The summed E-state index contributed by atoms with van der Waals surface area (Å²) in [5.41, 5.74) is 7.62. The molecule has 1 atom stereocenters. The minimum atomic E-state index is -0.818. The van der Waals surface area contributed by atoms with E-state index in [4.69, 9.17) is 10.5 Å². The first-order valence-electron chi connectivity index (χ1n) is 9.49. The molecular weight excluding hydrogens is 348 g/mol. The molecule has 0 radical (unpaired) electrons. The molecule has 140 valence electrons. The number of nitrogens with zero attached hydrogens (tertiary/aromatic N) is 1. The first-order chi connectivity index (χ1) is 13.4. The maximum atomic E-state index is 11.9. The highest BCUT2D eigenvalue weighted by atomic mass is 16.5. The predicted octanol–water partition coefficient (Wildman–Crippen LogP) is 4.22. The number of anilines is 1. The Labute approximate surface area is 164 Å². The van der Waals surface area contributed by atoms with E-state index in [1.165, 1.54) is 5.39 Å². The van der Waals surface area contributed by atoms with Crippen molar-refractivity contribution in [3.05, 3.63) is 77.9 Å². The zero-order chi connectivity index (χ0) is 19.5. The van der Waals surface area contributed by atoms with Gasteiger partial charge in [-0.05, 0) is 54.5 Å². The van der Waals surface area contributed by atoms with Gasteiger partial charge in [-0.25, -0.2) is 0 Å². The molecule has 0 aliphatic carbocycles. The summed E-state index contributed by atoms with van der Waals surface area (Å²) < 4.78 is 6.73. The van der Waals surface area contributed by atoms with Gasteiger partial charge >= 0.3 is 0 Å². The van der Waals surface area contributed by atoms with Crippen LogP contribution >= 0.6 is 0 Å². The second-order valence-electron chi connectivity index (χ2n) is 8.02. The molecule has 2 heterocycles. The molecule has 0 fully saturated rings. The Morgan fingerprint density at radius 2 is 1.79 bits per heavy atom. The summed E-state index contributed by atoms with van der Waals surface area (Å²) in [5, 5.41) is 2.33. The van der Waals surface area contributed by atoms with Gasteiger partial charge in [-0.1, -0.05) is 48.5 Å². The maximum absolute atomic E-state index is 11.9. The molecule has 2 aliphatic heterocycles. The summed E-state index contributed by atoms with van der Waals surface area (Å²) in [4.78, 5) is 13.9. The molecule has 0 saturated carbocycles. The van der Waals surface area contributed by atoms with E-state index < -0.39 is 5.72 Å². The highest BCUT2D eigenvalue weighted by Crippen LogP contribution is 2.55. The van der Waals surface area contributed by atoms with Crippen molar-refractivity contribution in [3.63, 3.8) is 0 Å². The molecular formula is C24H22N2O2. The van der Waals surface area contributed by atoms with E-state index in [9.17, 15) is 4.79 Å². The van der Waals surface area contributed by atoms with Gasteiger partial charge in [-0.15, -0.1) is 0 Å². The zero-order valence-electron chi connectivity index (χ0n) is 16.0. The average molecular weight is 370 g/mol. The largest absolute Gasteiger partial charge is 0.463 e. The lowest BCUT2D eigenvalue weighted by Gasteiger charge is -2.46. The normalized spacial score (nSPS) is 21.4. The molecule has 2 N–H and O–H groups in total. The standard InChI is InChI=1S/C24H22N2O2/c1-23(2)19-9-5-6-10-20(19)26(15-22(25)27)24(23)14-13-18-17-8-4-3-7-16(17)11-12-21(18)28-24/h3-14H,15H2,1-2H3,(H2,25,27)/t24-/m1/s1. The third-order valence-corrected chi connectivity index (χ3v) is 6.15. The smallest absolute Gasteiger partial charge is 0.237 e. The molecule has 28 heavy (non-hydrogen) atoms. The van der Waals surface area contributed by atoms with E-state index in [-0.39, 0.29) is 17.9 Å². The summed E-state index contributed by atoms with van der Waals surface area (Å²) >= 11 is 0. The van der Waals surface area contributed by atoms with Gasteiger partial charge in [0, 0.05) is 11.3 Å². The van der Waals surface area contributed by atoms with Gasteiger partial charge in [-0.3, -0.25) is 4.79 Å². The summed E-state index contributed by atoms with van der Waals surface area (Å²) in [5.74, 6) is 0.435. The van der Waals surface area contributed by atoms with Gasteiger partial charge in [0.15, 0.2) is 0 Å². The van der Waals surface area contributed by atoms with Crippen LogP contribution in [0.15, 0.2) is 66.7 Å². The molecule has 4 nitrogen and oxygen atoms in total. The van der Waals surface area contributed by atoms with Gasteiger partial charge in [-0.2, -0.15) is 0 Å². The van der Waals surface area contributed by atoms with E-state index in [0.717, 1.165) is 28.0 Å². The van der Waals surface area contributed by atoms with Crippen molar-refractivity contribution in [1.82, 2.24) is 0 Å². The van der Waals surface area contributed by atoms with Crippen LogP contribution in [0, 0.1) is 0 Å². The molecule has 5 rings (SSSR count). The van der Waals surface area contributed by atoms with Crippen LogP contribution in [-0.2, 0) is 10.2 Å². The number of benzene rings is 3. The number of rotatable bonds is 2. The number of primary amides is 1. The molecule has 0 saturated heterocycles. The molecule has 0 unspecified atom stereocenters. The number of hydrogen-bond donors (Lipinski definition) is 1. The van der Waals surface area contributed by atoms with Crippen molar-refractivity contribution >= 4 is 28.4 Å². The van der Waals surface area contributed by atoms with Crippen LogP contribution in [0.1, 0.15) is 25.0 Å². The number of carbonyl (C=O) groups is 1. The van der Waals surface area contributed by atoms with Crippen LogP contribution in [0.3, 0.4) is 0 Å². The molecule has 3 aromatic carbocycles. The lowest BCUT2D eigenvalue weighted by molar-refractivity contribution is -0.117. The number of para-hydroxylation sites is 1. The second-order valence-corrected chi connectivity index (χ2v) is 8.02. The first-order valence-corrected chi connectivity index (χ1v) is 9.49. The molecule has 1 amide bonds. The average Bonchev–Trinajstić information content (AvgIpc) is 2.86. The molecule has 2 aliphatic rings. The van der Waals surface area contributed by atoms with E-state index in [2.05, 4.69) is 50.3 Å². The highest BCUT2D eigenvalue weighted by Gasteiger charge is 2.59. The summed E-state index contributed by atoms with van der Waals surface area (Å²) in [7, 11) is 0. The Balaban J connectivity index is 1.72. The van der Waals surface area contributed by atoms with Gasteiger partial charge < -0.3 is 15.4 Å². The van der Waals surface area contributed by atoms with Crippen LogP contribution in [-0.4, -0.2) is 18.2 Å². The minimum Gasteiger partial charge on any atom is -0.463 e. The first kappa shape index (κ1) is 16.9. The van der Waals surface area contributed by atoms with Gasteiger partial charge in [0.2, 0.25) is 11.6 Å². The lowest BCUT2D eigenvalue weighted by atomic mass is 9.76. The number of fused-ring (bicyclic) bond motifs is 4. The van der Waals surface area contributed by atoms with Crippen LogP contribution < -0.4 is 15.4 Å². The van der Waals surface area contributed by atoms with Crippen LogP contribution in [0.2, 0.25) is 0 Å². The molecule has 3 aromatic rings. The fourth-order valence-corrected chi connectivity index (χ4v) is 4.72. The van der Waals surface area contributed by atoms with Crippen molar-refractivity contribution in [2.45, 2.75) is 25.0 Å². The van der Waals surface area contributed by atoms with E-state index >= 15 is 0 Å². The molecule has 1 spiro atoms. The van der Waals surface area contributed by atoms with Crippen molar-refractivity contribution in [2.24, 2.45) is 5.73 Å². The van der Waals surface area contributed by atoms with Gasteiger partial charge in [0.25, 0.3) is 0 Å². The maximum Gasteiger partial charge on any atom is 0.237 e. The monoisotopic (exact) mass is 370 g/mol. The third-order valence-electron chi connectivity index (χ3n) is 6.15. The molecule has 4 heteroatoms. The van der Waals surface area contributed by atoms with Crippen LogP contribution in [0.5, 0.6) is 5.75 Å². The van der Waals surface area contributed by atoms with Crippen molar-refractivity contribution in [1.29, 1.82) is 0 Å². The minimum absolute atomic E-state index is 0.0910.